The fraction of sp³-hybridized carbons (Fsp3) is 1.00. The molecule has 0 radical (unpaired) electrons. The maximum absolute atomic E-state index is 3.71. The van der Waals surface area contributed by atoms with Crippen LogP contribution in [0, 0.1) is 5.92 Å². The lowest BCUT2D eigenvalue weighted by molar-refractivity contribution is 0.326. The van der Waals surface area contributed by atoms with Gasteiger partial charge in [-0.25, -0.2) is 0 Å². The molecule has 1 N–H and O–H groups in total. The Hall–Kier alpha value is 0.310. The van der Waals surface area contributed by atoms with Gasteiger partial charge in [0.05, 0.1) is 5.37 Å². The van der Waals surface area contributed by atoms with Crippen molar-refractivity contribution in [3.05, 3.63) is 0 Å². The van der Waals surface area contributed by atoms with E-state index in [2.05, 4.69) is 11.6 Å². The lowest BCUT2D eigenvalue weighted by Crippen LogP contribution is -2.31. The summed E-state index contributed by atoms with van der Waals surface area (Å²) in [6, 6.07) is 0.876. The number of nitrogens with one attached hydrogen (secondary N) is 1. The zero-order valence-corrected chi connectivity index (χ0v) is 7.99. The maximum atomic E-state index is 3.71. The van der Waals surface area contributed by atoms with E-state index in [9.17, 15) is 0 Å². The minimum Gasteiger partial charge on any atom is -0.302 e. The van der Waals surface area contributed by atoms with Crippen molar-refractivity contribution in [3.63, 3.8) is 0 Å². The summed E-state index contributed by atoms with van der Waals surface area (Å²) in [6.07, 6.45) is 9.48. The monoisotopic (exact) mass is 171 g/mol. The largest absolute Gasteiger partial charge is 0.302 e. The Labute approximate surface area is 73.3 Å². The molecule has 11 heavy (non-hydrogen) atoms. The molecule has 0 bridgehead atoms. The number of hydrogen-bond donors (Lipinski definition) is 1. The van der Waals surface area contributed by atoms with Crippen LogP contribution in [0.3, 0.4) is 0 Å². The van der Waals surface area contributed by atoms with E-state index in [4.69, 9.17) is 0 Å². The molecule has 3 unspecified atom stereocenters. The van der Waals surface area contributed by atoms with Crippen molar-refractivity contribution in [1.82, 2.24) is 5.32 Å². The van der Waals surface area contributed by atoms with Gasteiger partial charge < -0.3 is 5.32 Å². The molecule has 0 spiro atoms. The quantitative estimate of drug-likeness (QED) is 0.649. The number of hydrogen-bond acceptors (Lipinski definition) is 2. The second-order valence-corrected chi connectivity index (χ2v) is 4.82. The molecule has 1 heterocycles. The summed E-state index contributed by atoms with van der Waals surface area (Å²) in [4.78, 5) is 0. The summed E-state index contributed by atoms with van der Waals surface area (Å²) >= 11 is 1.99. The molecule has 1 aliphatic carbocycles. The Morgan fingerprint density at radius 1 is 1.27 bits per heavy atom. The number of rotatable bonds is 1. The first kappa shape index (κ1) is 7.93. The fourth-order valence-corrected chi connectivity index (χ4v) is 3.21. The van der Waals surface area contributed by atoms with Gasteiger partial charge in [-0.05, 0) is 31.4 Å². The van der Waals surface area contributed by atoms with E-state index in [1.54, 1.807) is 0 Å². The summed E-state index contributed by atoms with van der Waals surface area (Å²) in [5.74, 6) is 1.01. The SMILES string of the molecule is CSC1CC2CCCCC2N1. The first-order valence-corrected chi connectivity index (χ1v) is 5.98. The predicted molar refractivity (Wildman–Crippen MR) is 50.8 cm³/mol. The van der Waals surface area contributed by atoms with Gasteiger partial charge in [0.25, 0.3) is 0 Å². The molecule has 3 atom stereocenters. The van der Waals surface area contributed by atoms with Gasteiger partial charge in [0.1, 0.15) is 0 Å². The summed E-state index contributed by atoms with van der Waals surface area (Å²) in [5.41, 5.74) is 0. The highest BCUT2D eigenvalue weighted by Gasteiger charge is 2.34. The molecule has 64 valence electrons. The van der Waals surface area contributed by atoms with Crippen LogP contribution in [0.5, 0.6) is 0 Å². The second kappa shape index (κ2) is 3.36. The van der Waals surface area contributed by atoms with Crippen LogP contribution in [0.25, 0.3) is 0 Å². The van der Waals surface area contributed by atoms with Gasteiger partial charge in [-0.3, -0.25) is 0 Å². The van der Waals surface area contributed by atoms with Gasteiger partial charge in [-0.15, -0.1) is 11.8 Å². The number of fused-ring (bicyclic) bond motifs is 1. The molecular formula is C9H17NS. The van der Waals surface area contributed by atoms with Crippen LogP contribution in [-0.2, 0) is 0 Å². The van der Waals surface area contributed by atoms with Crippen molar-refractivity contribution in [1.29, 1.82) is 0 Å². The minimum absolute atomic E-state index is 0.767. The fourth-order valence-electron chi connectivity index (χ4n) is 2.46. The summed E-state index contributed by atoms with van der Waals surface area (Å²) < 4.78 is 0. The highest BCUT2D eigenvalue weighted by Crippen LogP contribution is 2.35. The zero-order valence-electron chi connectivity index (χ0n) is 7.18. The third-order valence-corrected chi connectivity index (χ3v) is 4.01. The van der Waals surface area contributed by atoms with Crippen molar-refractivity contribution in [3.8, 4) is 0 Å². The zero-order chi connectivity index (χ0) is 7.68. The molecule has 2 rings (SSSR count). The van der Waals surface area contributed by atoms with Gasteiger partial charge in [0, 0.05) is 6.04 Å². The van der Waals surface area contributed by atoms with Crippen molar-refractivity contribution >= 4 is 11.8 Å². The van der Waals surface area contributed by atoms with Gasteiger partial charge >= 0.3 is 0 Å². The lowest BCUT2D eigenvalue weighted by atomic mass is 9.86. The first-order valence-electron chi connectivity index (χ1n) is 4.69. The van der Waals surface area contributed by atoms with Crippen molar-refractivity contribution in [2.24, 2.45) is 5.92 Å². The molecule has 1 aliphatic heterocycles. The summed E-state index contributed by atoms with van der Waals surface area (Å²) in [6.45, 7) is 0. The topological polar surface area (TPSA) is 12.0 Å². The first-order chi connectivity index (χ1) is 5.40. The van der Waals surface area contributed by atoms with Gasteiger partial charge in [0.2, 0.25) is 0 Å². The lowest BCUT2D eigenvalue weighted by Gasteiger charge is -2.24. The Balaban J connectivity index is 1.92. The number of thioether (sulfide) groups is 1. The van der Waals surface area contributed by atoms with Crippen LogP contribution in [0.15, 0.2) is 0 Å². The molecule has 0 aromatic heterocycles. The van der Waals surface area contributed by atoms with Crippen LogP contribution < -0.4 is 5.32 Å². The maximum Gasteiger partial charge on any atom is 0.0534 e. The van der Waals surface area contributed by atoms with E-state index in [1.807, 2.05) is 11.8 Å². The second-order valence-electron chi connectivity index (χ2n) is 3.78. The molecule has 2 aliphatic rings. The highest BCUT2D eigenvalue weighted by atomic mass is 32.2. The third kappa shape index (κ3) is 1.57. The van der Waals surface area contributed by atoms with E-state index in [1.165, 1.54) is 32.1 Å². The Bertz CT molecular complexity index is 124. The average Bonchev–Trinajstić information content (AvgIpc) is 2.46. The van der Waals surface area contributed by atoms with Crippen LogP contribution >= 0.6 is 11.8 Å². The van der Waals surface area contributed by atoms with Crippen LogP contribution in [0.4, 0.5) is 0 Å². The molecule has 1 saturated heterocycles. The van der Waals surface area contributed by atoms with Gasteiger partial charge in [-0.2, -0.15) is 0 Å². The van der Waals surface area contributed by atoms with E-state index in [-0.39, 0.29) is 0 Å². The molecular weight excluding hydrogens is 154 g/mol. The Kier molecular flexibility index (Phi) is 2.42. The van der Waals surface area contributed by atoms with Gasteiger partial charge in [0.15, 0.2) is 0 Å². The van der Waals surface area contributed by atoms with E-state index in [0.717, 1.165) is 17.3 Å². The van der Waals surface area contributed by atoms with Gasteiger partial charge in [-0.1, -0.05) is 12.8 Å². The van der Waals surface area contributed by atoms with Crippen LogP contribution in [0.1, 0.15) is 32.1 Å². The molecule has 1 nitrogen and oxygen atoms in total. The van der Waals surface area contributed by atoms with Crippen molar-refractivity contribution in [2.45, 2.75) is 43.5 Å². The van der Waals surface area contributed by atoms with Crippen LogP contribution in [-0.4, -0.2) is 17.7 Å². The predicted octanol–water partition coefficient (Wildman–Crippen LogP) is 2.23. The molecule has 0 aromatic carbocycles. The average molecular weight is 171 g/mol. The molecule has 0 aromatic rings. The van der Waals surface area contributed by atoms with E-state index in [0.29, 0.717) is 0 Å². The van der Waals surface area contributed by atoms with Crippen molar-refractivity contribution in [2.75, 3.05) is 6.26 Å². The minimum atomic E-state index is 0.767. The Morgan fingerprint density at radius 3 is 2.82 bits per heavy atom. The third-order valence-electron chi connectivity index (χ3n) is 3.11. The Morgan fingerprint density at radius 2 is 2.09 bits per heavy atom. The standard InChI is InChI=1S/C9H17NS/c1-11-9-6-7-4-2-3-5-8(7)10-9/h7-10H,2-6H2,1H3. The van der Waals surface area contributed by atoms with E-state index >= 15 is 0 Å². The normalized spacial score (nSPS) is 43.9. The van der Waals surface area contributed by atoms with Crippen LogP contribution in [0.2, 0.25) is 0 Å². The molecule has 1 saturated carbocycles. The smallest absolute Gasteiger partial charge is 0.0534 e. The molecule has 2 fully saturated rings. The van der Waals surface area contributed by atoms with Crippen molar-refractivity contribution < 1.29 is 0 Å². The highest BCUT2D eigenvalue weighted by molar-refractivity contribution is 7.99. The summed E-state index contributed by atoms with van der Waals surface area (Å²) in [5, 5.41) is 4.47. The van der Waals surface area contributed by atoms with E-state index < -0.39 is 0 Å². The molecule has 2 heteroatoms. The molecule has 0 amide bonds. The summed E-state index contributed by atoms with van der Waals surface area (Å²) in [7, 11) is 0.